The molecule has 0 N–H and O–H groups in total. The van der Waals surface area contributed by atoms with Crippen LogP contribution < -0.4 is 0 Å². The highest BCUT2D eigenvalue weighted by molar-refractivity contribution is 5.90. The summed E-state index contributed by atoms with van der Waals surface area (Å²) in [7, 11) is 0. The third-order valence-electron chi connectivity index (χ3n) is 1.67. The van der Waals surface area contributed by atoms with Gasteiger partial charge in [0.2, 0.25) is 11.5 Å². The lowest BCUT2D eigenvalue weighted by atomic mass is 10.4. The highest BCUT2D eigenvalue weighted by atomic mass is 16.6. The van der Waals surface area contributed by atoms with Crippen LogP contribution in [0, 0.1) is 0 Å². The summed E-state index contributed by atoms with van der Waals surface area (Å²) in [6.45, 7) is 6.96. The maximum Gasteiger partial charge on any atom is 0.374 e. The van der Waals surface area contributed by atoms with Crippen LogP contribution in [0.4, 0.5) is 0 Å². The highest BCUT2D eigenvalue weighted by Crippen LogP contribution is 2.10. The third-order valence-corrected chi connectivity index (χ3v) is 1.67. The average Bonchev–Trinajstić information content (AvgIpc) is 2.82. The minimum Gasteiger partial charge on any atom is -0.456 e. The molecule has 0 amide bonds. The fourth-order valence-electron chi connectivity index (χ4n) is 0.969. The molecule has 0 spiro atoms. The molecule has 5 nitrogen and oxygen atoms in total. The molecule has 0 aliphatic heterocycles. The van der Waals surface area contributed by atoms with Crippen molar-refractivity contribution in [3.63, 3.8) is 0 Å². The molecule has 0 saturated heterocycles. The van der Waals surface area contributed by atoms with Gasteiger partial charge in [0, 0.05) is 0 Å². The second-order valence-corrected chi connectivity index (χ2v) is 2.94. The van der Waals surface area contributed by atoms with Gasteiger partial charge in [-0.1, -0.05) is 25.3 Å². The topological polar surface area (TPSA) is 65.7 Å². The summed E-state index contributed by atoms with van der Waals surface area (Å²) in [5, 5.41) is 0. The Hall–Kier alpha value is -2.30. The number of carbonyl (C=O) groups is 2. The van der Waals surface area contributed by atoms with Crippen molar-refractivity contribution in [2.75, 3.05) is 13.2 Å². The van der Waals surface area contributed by atoms with Crippen LogP contribution in [0.5, 0.6) is 0 Å². The predicted octanol–water partition coefficient (Wildman–Crippen LogP) is 1.97. The zero-order valence-corrected chi connectivity index (χ0v) is 9.18. The molecule has 1 aromatic rings. The van der Waals surface area contributed by atoms with E-state index in [-0.39, 0.29) is 24.7 Å². The Morgan fingerprint density at radius 2 is 1.47 bits per heavy atom. The third kappa shape index (κ3) is 3.64. The van der Waals surface area contributed by atoms with Gasteiger partial charge in [-0.3, -0.25) is 0 Å². The van der Waals surface area contributed by atoms with E-state index >= 15 is 0 Å². The average molecular weight is 236 g/mol. The van der Waals surface area contributed by atoms with Crippen LogP contribution in [0.1, 0.15) is 21.1 Å². The van der Waals surface area contributed by atoms with E-state index in [0.717, 1.165) is 0 Å². The zero-order chi connectivity index (χ0) is 12.7. The molecule has 5 heteroatoms. The fraction of sp³-hybridized carbons (Fsp3) is 0.167. The Morgan fingerprint density at radius 1 is 1.06 bits per heavy atom. The first kappa shape index (κ1) is 12.8. The molecule has 0 unspecified atom stereocenters. The standard InChI is InChI=1S/C12H12O5/c1-3-7-15-11(13)9-5-6-10(17-9)12(14)16-8-4-2/h3-6H,1-2,7-8H2. The van der Waals surface area contributed by atoms with Gasteiger partial charge in [-0.05, 0) is 12.1 Å². The summed E-state index contributed by atoms with van der Waals surface area (Å²) < 4.78 is 14.4. The molecule has 1 heterocycles. The molecule has 0 atom stereocenters. The van der Waals surface area contributed by atoms with Gasteiger partial charge in [0.1, 0.15) is 13.2 Å². The van der Waals surface area contributed by atoms with Gasteiger partial charge in [0.25, 0.3) is 0 Å². The Kier molecular flexibility index (Phi) is 4.75. The van der Waals surface area contributed by atoms with E-state index in [0.29, 0.717) is 0 Å². The van der Waals surface area contributed by atoms with Crippen molar-refractivity contribution in [3.05, 3.63) is 49.0 Å². The smallest absolute Gasteiger partial charge is 0.374 e. The molecule has 0 aromatic carbocycles. The summed E-state index contributed by atoms with van der Waals surface area (Å²) in [6.07, 6.45) is 2.86. The van der Waals surface area contributed by atoms with Gasteiger partial charge in [0.05, 0.1) is 0 Å². The van der Waals surface area contributed by atoms with Gasteiger partial charge in [-0.15, -0.1) is 0 Å². The van der Waals surface area contributed by atoms with Gasteiger partial charge in [0.15, 0.2) is 0 Å². The highest BCUT2D eigenvalue weighted by Gasteiger charge is 2.17. The second-order valence-electron chi connectivity index (χ2n) is 2.94. The normalized spacial score (nSPS) is 9.41. The maximum absolute atomic E-state index is 11.3. The van der Waals surface area contributed by atoms with E-state index in [1.54, 1.807) is 0 Å². The number of esters is 2. The molecule has 0 radical (unpaired) electrons. The van der Waals surface area contributed by atoms with E-state index in [1.165, 1.54) is 24.3 Å². The zero-order valence-electron chi connectivity index (χ0n) is 9.18. The lowest BCUT2D eigenvalue weighted by Crippen LogP contribution is -2.05. The van der Waals surface area contributed by atoms with Crippen molar-refractivity contribution in [1.82, 2.24) is 0 Å². The van der Waals surface area contributed by atoms with Gasteiger partial charge in [-0.25, -0.2) is 9.59 Å². The molecular weight excluding hydrogens is 224 g/mol. The first-order valence-corrected chi connectivity index (χ1v) is 4.85. The van der Waals surface area contributed by atoms with Crippen LogP contribution in [0.2, 0.25) is 0 Å². The van der Waals surface area contributed by atoms with Crippen molar-refractivity contribution >= 4 is 11.9 Å². The van der Waals surface area contributed by atoms with Crippen LogP contribution in [0.25, 0.3) is 0 Å². The van der Waals surface area contributed by atoms with Crippen LogP contribution in [-0.2, 0) is 9.47 Å². The molecular formula is C12H12O5. The summed E-state index contributed by atoms with van der Waals surface area (Å²) in [4.78, 5) is 22.6. The quantitative estimate of drug-likeness (QED) is 0.558. The molecule has 0 aliphatic carbocycles. The maximum atomic E-state index is 11.3. The minimum absolute atomic E-state index is 0.0580. The van der Waals surface area contributed by atoms with Gasteiger partial charge >= 0.3 is 11.9 Å². The molecule has 0 bridgehead atoms. The SMILES string of the molecule is C=CCOC(=O)c1ccc(C(=O)OCC=C)o1. The number of hydrogen-bond donors (Lipinski definition) is 0. The number of carbonyl (C=O) groups excluding carboxylic acids is 2. The molecule has 0 aliphatic rings. The Morgan fingerprint density at radius 3 is 1.82 bits per heavy atom. The predicted molar refractivity (Wildman–Crippen MR) is 59.7 cm³/mol. The molecule has 17 heavy (non-hydrogen) atoms. The molecule has 1 aromatic heterocycles. The number of ether oxygens (including phenoxy) is 2. The molecule has 0 saturated carbocycles. The van der Waals surface area contributed by atoms with Crippen LogP contribution >= 0.6 is 0 Å². The van der Waals surface area contributed by atoms with Crippen molar-refractivity contribution in [3.8, 4) is 0 Å². The Labute approximate surface area is 98.3 Å². The van der Waals surface area contributed by atoms with Crippen molar-refractivity contribution in [2.24, 2.45) is 0 Å². The Bertz CT molecular complexity index is 391. The number of furan rings is 1. The summed E-state index contributed by atoms with van der Waals surface area (Å²) >= 11 is 0. The minimum atomic E-state index is -0.660. The van der Waals surface area contributed by atoms with E-state index in [9.17, 15) is 9.59 Å². The van der Waals surface area contributed by atoms with Crippen molar-refractivity contribution in [1.29, 1.82) is 0 Å². The first-order chi connectivity index (χ1) is 8.19. The van der Waals surface area contributed by atoms with Gasteiger partial charge < -0.3 is 13.9 Å². The van der Waals surface area contributed by atoms with Crippen LogP contribution in [-0.4, -0.2) is 25.2 Å². The van der Waals surface area contributed by atoms with Crippen molar-refractivity contribution in [2.45, 2.75) is 0 Å². The summed E-state index contributed by atoms with van der Waals surface area (Å²) in [5.74, 6) is -1.44. The van der Waals surface area contributed by atoms with E-state index in [2.05, 4.69) is 13.2 Å². The van der Waals surface area contributed by atoms with Crippen molar-refractivity contribution < 1.29 is 23.5 Å². The lowest BCUT2D eigenvalue weighted by Gasteiger charge is -1.98. The first-order valence-electron chi connectivity index (χ1n) is 4.85. The van der Waals surface area contributed by atoms with Gasteiger partial charge in [-0.2, -0.15) is 0 Å². The summed E-state index contributed by atoms with van der Waals surface area (Å²) in [5.41, 5.74) is 0. The van der Waals surface area contributed by atoms with E-state index in [1.807, 2.05) is 0 Å². The molecule has 1 rings (SSSR count). The number of rotatable bonds is 6. The Balaban J connectivity index is 2.63. The number of hydrogen-bond acceptors (Lipinski definition) is 5. The lowest BCUT2D eigenvalue weighted by molar-refractivity contribution is 0.0479. The van der Waals surface area contributed by atoms with E-state index in [4.69, 9.17) is 13.9 Å². The fourth-order valence-corrected chi connectivity index (χ4v) is 0.969. The van der Waals surface area contributed by atoms with E-state index < -0.39 is 11.9 Å². The summed E-state index contributed by atoms with van der Waals surface area (Å²) in [6, 6.07) is 2.69. The largest absolute Gasteiger partial charge is 0.456 e. The van der Waals surface area contributed by atoms with Crippen LogP contribution in [0.15, 0.2) is 41.9 Å². The van der Waals surface area contributed by atoms with Crippen LogP contribution in [0.3, 0.4) is 0 Å². The molecule has 90 valence electrons. The molecule has 0 fully saturated rings. The second kappa shape index (κ2) is 6.32. The monoisotopic (exact) mass is 236 g/mol.